The number of amides is 1. The highest BCUT2D eigenvalue weighted by Crippen LogP contribution is 2.23. The SMILES string of the molecule is CCNc1ncc(F)cc1C(=O)N1CCC(C(C)O)CC1. The first-order chi connectivity index (χ1) is 10.0. The van der Waals surface area contributed by atoms with Gasteiger partial charge in [-0.2, -0.15) is 0 Å². The third-order valence-corrected chi connectivity index (χ3v) is 3.94. The Balaban J connectivity index is 2.12. The molecular weight excluding hydrogens is 273 g/mol. The predicted octanol–water partition coefficient (Wildman–Crippen LogP) is 1.89. The van der Waals surface area contributed by atoms with E-state index in [2.05, 4.69) is 10.3 Å². The lowest BCUT2D eigenvalue weighted by molar-refractivity contribution is 0.0521. The van der Waals surface area contributed by atoms with Gasteiger partial charge in [-0.15, -0.1) is 0 Å². The normalized spacial score (nSPS) is 17.6. The molecule has 1 saturated heterocycles. The Bertz CT molecular complexity index is 500. The van der Waals surface area contributed by atoms with Crippen LogP contribution in [-0.4, -0.2) is 46.6 Å². The van der Waals surface area contributed by atoms with Crippen LogP contribution < -0.4 is 5.32 Å². The maximum atomic E-state index is 13.4. The van der Waals surface area contributed by atoms with Crippen LogP contribution in [0, 0.1) is 11.7 Å². The molecule has 2 heterocycles. The maximum Gasteiger partial charge on any atom is 0.257 e. The molecule has 1 aromatic heterocycles. The number of carbonyl (C=O) groups excluding carboxylic acids is 1. The molecule has 6 heteroatoms. The zero-order valence-electron chi connectivity index (χ0n) is 12.5. The molecule has 0 spiro atoms. The molecule has 0 aliphatic carbocycles. The zero-order valence-corrected chi connectivity index (χ0v) is 12.5. The van der Waals surface area contributed by atoms with E-state index in [1.54, 1.807) is 11.8 Å². The number of aliphatic hydroxyl groups is 1. The summed E-state index contributed by atoms with van der Waals surface area (Å²) < 4.78 is 13.4. The van der Waals surface area contributed by atoms with Crippen molar-refractivity contribution >= 4 is 11.7 Å². The van der Waals surface area contributed by atoms with Gasteiger partial charge in [0.15, 0.2) is 0 Å². The first-order valence-corrected chi connectivity index (χ1v) is 7.39. The second kappa shape index (κ2) is 6.85. The minimum atomic E-state index is -0.515. The van der Waals surface area contributed by atoms with Crippen LogP contribution in [0.3, 0.4) is 0 Å². The van der Waals surface area contributed by atoms with Gasteiger partial charge in [-0.3, -0.25) is 4.79 Å². The van der Waals surface area contributed by atoms with Crippen molar-refractivity contribution in [3.63, 3.8) is 0 Å². The number of anilines is 1. The fourth-order valence-corrected chi connectivity index (χ4v) is 2.67. The molecule has 2 N–H and O–H groups in total. The van der Waals surface area contributed by atoms with Gasteiger partial charge < -0.3 is 15.3 Å². The Morgan fingerprint density at radius 1 is 1.57 bits per heavy atom. The van der Waals surface area contributed by atoms with Crippen molar-refractivity contribution in [2.75, 3.05) is 25.0 Å². The van der Waals surface area contributed by atoms with Gasteiger partial charge in [-0.25, -0.2) is 9.37 Å². The Labute approximate surface area is 124 Å². The van der Waals surface area contributed by atoms with Crippen LogP contribution in [0.25, 0.3) is 0 Å². The van der Waals surface area contributed by atoms with Gasteiger partial charge in [-0.1, -0.05) is 0 Å². The van der Waals surface area contributed by atoms with Gasteiger partial charge in [0.25, 0.3) is 5.91 Å². The average molecular weight is 295 g/mol. The summed E-state index contributed by atoms with van der Waals surface area (Å²) in [5, 5.41) is 12.6. The zero-order chi connectivity index (χ0) is 15.4. The fraction of sp³-hybridized carbons (Fsp3) is 0.600. The number of nitrogens with one attached hydrogen (secondary N) is 1. The van der Waals surface area contributed by atoms with E-state index in [1.807, 2.05) is 6.92 Å². The largest absolute Gasteiger partial charge is 0.393 e. The second-order valence-electron chi connectivity index (χ2n) is 5.45. The Morgan fingerprint density at radius 3 is 2.81 bits per heavy atom. The molecular formula is C15H22FN3O2. The number of hydrogen-bond acceptors (Lipinski definition) is 4. The molecule has 1 unspecified atom stereocenters. The summed E-state index contributed by atoms with van der Waals surface area (Å²) in [5.41, 5.74) is 0.271. The van der Waals surface area contributed by atoms with Crippen LogP contribution in [-0.2, 0) is 0 Å². The van der Waals surface area contributed by atoms with E-state index in [4.69, 9.17) is 0 Å². The van der Waals surface area contributed by atoms with Crippen molar-refractivity contribution in [1.82, 2.24) is 9.88 Å². The van der Waals surface area contributed by atoms with E-state index in [9.17, 15) is 14.3 Å². The van der Waals surface area contributed by atoms with Gasteiger partial charge in [0.1, 0.15) is 11.6 Å². The highest BCUT2D eigenvalue weighted by atomic mass is 19.1. The third kappa shape index (κ3) is 3.69. The summed E-state index contributed by atoms with van der Waals surface area (Å²) in [7, 11) is 0. The minimum absolute atomic E-state index is 0.206. The van der Waals surface area contributed by atoms with Crippen molar-refractivity contribution in [2.45, 2.75) is 32.8 Å². The molecule has 0 saturated carbocycles. The van der Waals surface area contributed by atoms with Crippen LogP contribution >= 0.6 is 0 Å². The first-order valence-electron chi connectivity index (χ1n) is 7.39. The van der Waals surface area contributed by atoms with Crippen molar-refractivity contribution in [3.05, 3.63) is 23.6 Å². The van der Waals surface area contributed by atoms with Gasteiger partial charge in [0.05, 0.1) is 17.9 Å². The Hall–Kier alpha value is -1.69. The molecule has 2 rings (SSSR count). The predicted molar refractivity (Wildman–Crippen MR) is 78.7 cm³/mol. The first kappa shape index (κ1) is 15.7. The topological polar surface area (TPSA) is 65.5 Å². The van der Waals surface area contributed by atoms with Crippen LogP contribution in [0.15, 0.2) is 12.3 Å². The second-order valence-corrected chi connectivity index (χ2v) is 5.45. The number of halogens is 1. The quantitative estimate of drug-likeness (QED) is 0.890. The van der Waals surface area contributed by atoms with Crippen molar-refractivity contribution in [2.24, 2.45) is 5.92 Å². The number of aliphatic hydroxyl groups excluding tert-OH is 1. The monoisotopic (exact) mass is 295 g/mol. The van der Waals surface area contributed by atoms with E-state index < -0.39 is 5.82 Å². The number of nitrogens with zero attached hydrogens (tertiary/aromatic N) is 2. The molecule has 1 fully saturated rings. The minimum Gasteiger partial charge on any atom is -0.393 e. The standard InChI is InChI=1S/C15H22FN3O2/c1-3-17-14-13(8-12(16)9-18-14)15(21)19-6-4-11(5-7-19)10(2)20/h8-11,20H,3-7H2,1-2H3,(H,17,18). The van der Waals surface area contributed by atoms with E-state index >= 15 is 0 Å². The summed E-state index contributed by atoms with van der Waals surface area (Å²) in [6.45, 7) is 5.45. The number of piperidine rings is 1. The van der Waals surface area contributed by atoms with Crippen molar-refractivity contribution in [1.29, 1.82) is 0 Å². The molecule has 5 nitrogen and oxygen atoms in total. The molecule has 0 aromatic carbocycles. The number of hydrogen-bond donors (Lipinski definition) is 2. The van der Waals surface area contributed by atoms with Gasteiger partial charge in [0, 0.05) is 19.6 Å². The van der Waals surface area contributed by atoms with Crippen LogP contribution in [0.4, 0.5) is 10.2 Å². The highest BCUT2D eigenvalue weighted by Gasteiger charge is 2.27. The Morgan fingerprint density at radius 2 is 2.24 bits per heavy atom. The third-order valence-electron chi connectivity index (χ3n) is 3.94. The molecule has 1 atom stereocenters. The summed E-state index contributed by atoms with van der Waals surface area (Å²) in [6.07, 6.45) is 2.29. The highest BCUT2D eigenvalue weighted by molar-refractivity contribution is 5.98. The molecule has 116 valence electrons. The lowest BCUT2D eigenvalue weighted by Gasteiger charge is -2.33. The van der Waals surface area contributed by atoms with E-state index in [1.165, 1.54) is 6.07 Å². The van der Waals surface area contributed by atoms with E-state index in [0.717, 1.165) is 19.0 Å². The lowest BCUT2D eigenvalue weighted by atomic mass is 9.92. The molecule has 1 amide bonds. The molecule has 1 aromatic rings. The van der Waals surface area contributed by atoms with Crippen molar-refractivity contribution in [3.8, 4) is 0 Å². The molecule has 0 bridgehead atoms. The molecule has 0 radical (unpaired) electrons. The van der Waals surface area contributed by atoms with Crippen LogP contribution in [0.1, 0.15) is 37.0 Å². The number of likely N-dealkylation sites (tertiary alicyclic amines) is 1. The fourth-order valence-electron chi connectivity index (χ4n) is 2.67. The van der Waals surface area contributed by atoms with E-state index in [0.29, 0.717) is 25.5 Å². The van der Waals surface area contributed by atoms with Gasteiger partial charge in [-0.05, 0) is 38.7 Å². The number of carbonyl (C=O) groups is 1. The van der Waals surface area contributed by atoms with Crippen molar-refractivity contribution < 1.29 is 14.3 Å². The van der Waals surface area contributed by atoms with E-state index in [-0.39, 0.29) is 23.5 Å². The number of aromatic nitrogens is 1. The van der Waals surface area contributed by atoms with Gasteiger partial charge >= 0.3 is 0 Å². The van der Waals surface area contributed by atoms with Gasteiger partial charge in [0.2, 0.25) is 0 Å². The average Bonchev–Trinajstić information content (AvgIpc) is 2.48. The summed E-state index contributed by atoms with van der Waals surface area (Å²) in [6, 6.07) is 1.23. The lowest BCUT2D eigenvalue weighted by Crippen LogP contribution is -2.41. The molecule has 1 aliphatic heterocycles. The molecule has 1 aliphatic rings. The van der Waals surface area contributed by atoms with Crippen LogP contribution in [0.5, 0.6) is 0 Å². The maximum absolute atomic E-state index is 13.4. The summed E-state index contributed by atoms with van der Waals surface area (Å²) >= 11 is 0. The number of rotatable bonds is 4. The Kier molecular flexibility index (Phi) is 5.12. The number of pyridine rings is 1. The molecule has 21 heavy (non-hydrogen) atoms. The summed E-state index contributed by atoms with van der Waals surface area (Å²) in [5.74, 6) is -0.0738. The summed E-state index contributed by atoms with van der Waals surface area (Å²) in [4.78, 5) is 18.2. The smallest absolute Gasteiger partial charge is 0.257 e. The van der Waals surface area contributed by atoms with Crippen LogP contribution in [0.2, 0.25) is 0 Å².